The summed E-state index contributed by atoms with van der Waals surface area (Å²) >= 11 is 0. The molecule has 8 heteroatoms. The van der Waals surface area contributed by atoms with Crippen LogP contribution in [0, 0.1) is 19.8 Å². The molecule has 2 heterocycles. The van der Waals surface area contributed by atoms with E-state index in [2.05, 4.69) is 0 Å². The van der Waals surface area contributed by atoms with E-state index in [0.717, 1.165) is 6.92 Å². The molecule has 2 aliphatic heterocycles. The number of hydrogen-bond acceptors (Lipinski definition) is 8. The average molecular weight is 444 g/mol. The Morgan fingerprint density at radius 3 is 2.31 bits per heavy atom. The molecule has 0 fully saturated rings. The van der Waals surface area contributed by atoms with Gasteiger partial charge in [0.2, 0.25) is 11.6 Å². The molecule has 0 unspecified atom stereocenters. The summed E-state index contributed by atoms with van der Waals surface area (Å²) in [7, 11) is 0. The van der Waals surface area contributed by atoms with Crippen molar-refractivity contribution in [1.29, 1.82) is 0 Å². The lowest BCUT2D eigenvalue weighted by Crippen LogP contribution is -2.65. The summed E-state index contributed by atoms with van der Waals surface area (Å²) < 4.78 is 12.2. The Bertz CT molecular complexity index is 1120. The van der Waals surface area contributed by atoms with E-state index in [4.69, 9.17) is 9.47 Å². The topological polar surface area (TPSA) is 130 Å². The summed E-state index contributed by atoms with van der Waals surface area (Å²) in [5.74, 6) is -3.52. The van der Waals surface area contributed by atoms with Crippen molar-refractivity contribution < 1.29 is 39.2 Å². The number of phenols is 1. The molecule has 4 rings (SSSR count). The number of phenolic OH excluding ortho intramolecular Hbond substituents is 1. The summed E-state index contributed by atoms with van der Waals surface area (Å²) in [5.41, 5.74) is -1.88. The number of ketones is 3. The van der Waals surface area contributed by atoms with Crippen LogP contribution < -0.4 is 4.74 Å². The Morgan fingerprint density at radius 1 is 1.09 bits per heavy atom. The third-order valence-corrected chi connectivity index (χ3v) is 7.22. The van der Waals surface area contributed by atoms with Crippen LogP contribution in [0.1, 0.15) is 49.9 Å². The highest BCUT2D eigenvalue weighted by molar-refractivity contribution is 6.23. The van der Waals surface area contributed by atoms with Crippen LogP contribution in [-0.4, -0.2) is 56.3 Å². The molecule has 0 amide bonds. The zero-order valence-electron chi connectivity index (χ0n) is 19.1. The normalized spacial score (nSPS) is 33.9. The zero-order chi connectivity index (χ0) is 24.0. The predicted molar refractivity (Wildman–Crippen MR) is 112 cm³/mol. The monoisotopic (exact) mass is 444 g/mol. The van der Waals surface area contributed by atoms with Gasteiger partial charge >= 0.3 is 0 Å². The van der Waals surface area contributed by atoms with Gasteiger partial charge in [0.1, 0.15) is 22.9 Å². The first-order valence-electron chi connectivity index (χ1n) is 10.6. The van der Waals surface area contributed by atoms with E-state index < -0.39 is 34.5 Å². The van der Waals surface area contributed by atoms with Gasteiger partial charge in [0, 0.05) is 24.5 Å². The number of carbonyl (C=O) groups is 3. The van der Waals surface area contributed by atoms with Crippen molar-refractivity contribution in [1.82, 2.24) is 0 Å². The number of benzene rings is 1. The molecular formula is C24H28O8. The maximum atomic E-state index is 12.9. The Kier molecular flexibility index (Phi) is 4.76. The fourth-order valence-corrected chi connectivity index (χ4v) is 5.44. The third-order valence-electron chi connectivity index (χ3n) is 7.22. The average Bonchev–Trinajstić information content (AvgIpc) is 2.71. The van der Waals surface area contributed by atoms with Crippen molar-refractivity contribution in [3.63, 3.8) is 0 Å². The highest BCUT2D eigenvalue weighted by Gasteiger charge is 2.62. The van der Waals surface area contributed by atoms with E-state index in [1.54, 1.807) is 20.8 Å². The lowest BCUT2D eigenvalue weighted by molar-refractivity contribution is -0.216. The Morgan fingerprint density at radius 2 is 1.72 bits per heavy atom. The number of carbonyl (C=O) groups excluding carboxylic acids is 3. The van der Waals surface area contributed by atoms with Gasteiger partial charge in [0.15, 0.2) is 11.4 Å². The molecule has 3 aliphatic rings. The van der Waals surface area contributed by atoms with Crippen molar-refractivity contribution in [2.45, 2.75) is 71.4 Å². The summed E-state index contributed by atoms with van der Waals surface area (Å²) in [4.78, 5) is 37.8. The third kappa shape index (κ3) is 2.82. The lowest BCUT2D eigenvalue weighted by Gasteiger charge is -2.52. The number of aliphatic hydroxyl groups is 2. The fourth-order valence-electron chi connectivity index (χ4n) is 5.44. The number of fused-ring (bicyclic) bond motifs is 3. The molecule has 8 nitrogen and oxygen atoms in total. The second-order valence-electron chi connectivity index (χ2n) is 9.62. The van der Waals surface area contributed by atoms with E-state index in [1.165, 1.54) is 13.8 Å². The molecule has 0 saturated carbocycles. The second-order valence-corrected chi connectivity index (χ2v) is 9.62. The van der Waals surface area contributed by atoms with Crippen LogP contribution in [-0.2, 0) is 32.0 Å². The van der Waals surface area contributed by atoms with Crippen molar-refractivity contribution in [3.05, 3.63) is 33.4 Å². The van der Waals surface area contributed by atoms with E-state index >= 15 is 0 Å². The zero-order valence-corrected chi connectivity index (χ0v) is 19.1. The van der Waals surface area contributed by atoms with Crippen molar-refractivity contribution in [2.75, 3.05) is 6.61 Å². The first-order chi connectivity index (χ1) is 14.6. The molecule has 0 bridgehead atoms. The van der Waals surface area contributed by atoms with Crippen molar-refractivity contribution in [2.24, 2.45) is 5.92 Å². The maximum absolute atomic E-state index is 12.9. The van der Waals surface area contributed by atoms with Gasteiger partial charge in [0.25, 0.3) is 0 Å². The van der Waals surface area contributed by atoms with Crippen LogP contribution in [0.5, 0.6) is 11.5 Å². The molecule has 172 valence electrons. The first kappa shape index (κ1) is 22.6. The number of aromatic hydroxyl groups is 1. The molecule has 0 aromatic heterocycles. The first-order valence-corrected chi connectivity index (χ1v) is 10.6. The second kappa shape index (κ2) is 6.73. The molecule has 0 saturated heterocycles. The molecule has 1 aromatic carbocycles. The summed E-state index contributed by atoms with van der Waals surface area (Å²) in [5, 5.41) is 32.4. The van der Waals surface area contributed by atoms with E-state index in [1.807, 2.05) is 0 Å². The van der Waals surface area contributed by atoms with Gasteiger partial charge in [-0.25, -0.2) is 0 Å². The maximum Gasteiger partial charge on any atom is 0.215 e. The molecule has 32 heavy (non-hydrogen) atoms. The summed E-state index contributed by atoms with van der Waals surface area (Å²) in [6.07, 6.45) is 0.290. The van der Waals surface area contributed by atoms with Gasteiger partial charge in [-0.2, -0.15) is 0 Å². The highest BCUT2D eigenvalue weighted by Crippen LogP contribution is 2.53. The van der Waals surface area contributed by atoms with Crippen molar-refractivity contribution in [3.8, 4) is 11.5 Å². The minimum Gasteiger partial charge on any atom is -0.507 e. The number of Topliss-reactive ketones (excluding diaryl/α,β-unsaturated/α-hetero) is 3. The molecule has 1 aliphatic carbocycles. The summed E-state index contributed by atoms with van der Waals surface area (Å²) in [6.45, 7) is 8.64. The van der Waals surface area contributed by atoms with Gasteiger partial charge in [0.05, 0.1) is 12.5 Å². The number of hydrogen-bond donors (Lipinski definition) is 3. The standard InChI is InChI=1S/C24H28O8/c1-10(25)7-13-11(2)18(26)12(3)19-14(13)8-16-17-15(9-31-24(16,6)32-19)20(27)23(5,30)21(28)22(17,4)29/h16,26,29-30H,7-9H2,1-6H3/t16-,22-,23+,24-/m1/s1. The van der Waals surface area contributed by atoms with Gasteiger partial charge in [-0.3, -0.25) is 14.4 Å². The van der Waals surface area contributed by atoms with Crippen LogP contribution >= 0.6 is 0 Å². The molecule has 0 radical (unpaired) electrons. The van der Waals surface area contributed by atoms with Crippen LogP contribution in [0.25, 0.3) is 0 Å². The van der Waals surface area contributed by atoms with Gasteiger partial charge in [-0.05, 0) is 63.3 Å². The van der Waals surface area contributed by atoms with Crippen LogP contribution in [0.3, 0.4) is 0 Å². The van der Waals surface area contributed by atoms with E-state index in [-0.39, 0.29) is 42.1 Å². The minimum atomic E-state index is -2.36. The minimum absolute atomic E-state index is 0.0313. The summed E-state index contributed by atoms with van der Waals surface area (Å²) in [6, 6.07) is 0. The molecule has 1 aromatic rings. The van der Waals surface area contributed by atoms with Gasteiger partial charge in [-0.1, -0.05) is 0 Å². The number of ether oxygens (including phenoxy) is 2. The van der Waals surface area contributed by atoms with Crippen LogP contribution in [0.15, 0.2) is 11.1 Å². The lowest BCUT2D eigenvalue weighted by atomic mass is 9.63. The molecule has 4 atom stereocenters. The van der Waals surface area contributed by atoms with E-state index in [0.29, 0.717) is 28.0 Å². The number of rotatable bonds is 2. The Balaban J connectivity index is 1.96. The quantitative estimate of drug-likeness (QED) is 0.584. The SMILES string of the molecule is CC(=O)Cc1c(C)c(O)c(C)c2c1C[C@@H]1C3=C(CO[C@]1(C)O2)C(=O)[C@](C)(O)C(=O)[C@]3(C)O. The fraction of sp³-hybridized carbons (Fsp3) is 0.542. The smallest absolute Gasteiger partial charge is 0.215 e. The van der Waals surface area contributed by atoms with Crippen LogP contribution in [0.2, 0.25) is 0 Å². The largest absolute Gasteiger partial charge is 0.507 e. The van der Waals surface area contributed by atoms with E-state index in [9.17, 15) is 29.7 Å². The highest BCUT2D eigenvalue weighted by atomic mass is 16.7. The van der Waals surface area contributed by atoms with Crippen LogP contribution in [0.4, 0.5) is 0 Å². The van der Waals surface area contributed by atoms with Crippen molar-refractivity contribution >= 4 is 17.3 Å². The predicted octanol–water partition coefficient (Wildman–Crippen LogP) is 1.39. The van der Waals surface area contributed by atoms with Gasteiger partial charge in [-0.15, -0.1) is 0 Å². The molecule has 0 spiro atoms. The molecule has 3 N–H and O–H groups in total. The molecular weight excluding hydrogens is 416 g/mol. The van der Waals surface area contributed by atoms with Gasteiger partial charge < -0.3 is 24.8 Å². The Labute approximate surface area is 185 Å². The Hall–Kier alpha value is -2.55.